The molecule has 38 heavy (non-hydrogen) atoms. The van der Waals surface area contributed by atoms with Crippen molar-refractivity contribution in [3.05, 3.63) is 46.4 Å². The Morgan fingerprint density at radius 1 is 1.16 bits per heavy atom. The number of nitrogens with zero attached hydrogens (tertiary/aromatic N) is 4. The maximum absolute atomic E-state index is 14.1. The van der Waals surface area contributed by atoms with Crippen LogP contribution in [-0.2, 0) is 19.6 Å². The van der Waals surface area contributed by atoms with Crippen molar-refractivity contribution in [2.45, 2.75) is 23.8 Å². The second-order valence-electron chi connectivity index (χ2n) is 9.10. The van der Waals surface area contributed by atoms with E-state index in [-0.39, 0.29) is 17.3 Å². The monoisotopic (exact) mass is 598 g/mol. The molecule has 2 aromatic carbocycles. The Labute approximate surface area is 235 Å². The topological polar surface area (TPSA) is 92.3 Å². The van der Waals surface area contributed by atoms with Crippen molar-refractivity contribution in [3.8, 4) is 5.75 Å². The molecule has 9 nitrogen and oxygen atoms in total. The highest BCUT2D eigenvalue weighted by Gasteiger charge is 2.42. The molecule has 5 rings (SSSR count). The first-order valence-electron chi connectivity index (χ1n) is 12.3. The number of morpholine rings is 1. The first-order valence-corrected chi connectivity index (χ1v) is 15.3. The highest BCUT2D eigenvalue weighted by Crippen LogP contribution is 2.39. The number of fused-ring (bicyclic) bond motifs is 1. The molecule has 1 unspecified atom stereocenters. The lowest BCUT2D eigenvalue weighted by Gasteiger charge is -2.31. The molecule has 1 atom stereocenters. The summed E-state index contributed by atoms with van der Waals surface area (Å²) in [6.45, 7) is 4.02. The summed E-state index contributed by atoms with van der Waals surface area (Å²) in [6, 6.07) is 8.64. The molecule has 2 aliphatic heterocycles. The van der Waals surface area contributed by atoms with Gasteiger partial charge in [-0.2, -0.15) is 4.31 Å². The maximum Gasteiger partial charge on any atom is 0.247 e. The summed E-state index contributed by atoms with van der Waals surface area (Å²) >= 11 is 13.7. The van der Waals surface area contributed by atoms with Crippen molar-refractivity contribution in [3.63, 3.8) is 0 Å². The normalized spacial score (nSPS) is 19.2. The molecule has 2 saturated heterocycles. The molecule has 0 radical (unpaired) electrons. The van der Waals surface area contributed by atoms with Crippen molar-refractivity contribution in [1.29, 1.82) is 0 Å². The third-order valence-electron chi connectivity index (χ3n) is 6.82. The molecular formula is C25H28Cl2N4O5S2. The van der Waals surface area contributed by atoms with Gasteiger partial charge in [0.25, 0.3) is 0 Å². The molecule has 1 amide bonds. The molecule has 0 saturated carbocycles. The highest BCUT2D eigenvalue weighted by atomic mass is 35.5. The van der Waals surface area contributed by atoms with E-state index in [1.165, 1.54) is 39.9 Å². The number of methoxy groups -OCH3 is 1. The Balaban J connectivity index is 1.49. The number of anilines is 1. The summed E-state index contributed by atoms with van der Waals surface area (Å²) in [5, 5.41) is 1.41. The molecule has 13 heteroatoms. The lowest BCUT2D eigenvalue weighted by molar-refractivity contribution is -0.121. The number of sulfonamides is 1. The van der Waals surface area contributed by atoms with Gasteiger partial charge in [-0.25, -0.2) is 13.4 Å². The summed E-state index contributed by atoms with van der Waals surface area (Å²) in [4.78, 5) is 22.8. The first kappa shape index (κ1) is 27.6. The quantitative estimate of drug-likeness (QED) is 0.385. The van der Waals surface area contributed by atoms with Gasteiger partial charge in [-0.15, -0.1) is 0 Å². The molecular weight excluding hydrogens is 571 g/mol. The third-order valence-corrected chi connectivity index (χ3v) is 10.5. The number of rotatable bonds is 8. The van der Waals surface area contributed by atoms with E-state index < -0.39 is 16.1 Å². The Morgan fingerprint density at radius 3 is 2.61 bits per heavy atom. The minimum atomic E-state index is -3.90. The largest absolute Gasteiger partial charge is 0.494 e. The van der Waals surface area contributed by atoms with Gasteiger partial charge in [-0.3, -0.25) is 14.6 Å². The first-order chi connectivity index (χ1) is 18.3. The number of ether oxygens (including phenoxy) is 2. The van der Waals surface area contributed by atoms with Crippen molar-refractivity contribution in [2.75, 3.05) is 57.9 Å². The molecule has 204 valence electrons. The smallest absolute Gasteiger partial charge is 0.247 e. The molecule has 0 N–H and O–H groups in total. The summed E-state index contributed by atoms with van der Waals surface area (Å²) in [5.74, 6) is 0.253. The van der Waals surface area contributed by atoms with E-state index in [0.29, 0.717) is 70.3 Å². The van der Waals surface area contributed by atoms with Crippen molar-refractivity contribution in [2.24, 2.45) is 0 Å². The van der Waals surface area contributed by atoms with E-state index in [4.69, 9.17) is 37.7 Å². The van der Waals surface area contributed by atoms with Crippen LogP contribution in [-0.4, -0.2) is 87.6 Å². The molecule has 0 aliphatic carbocycles. The number of aromatic nitrogens is 1. The minimum Gasteiger partial charge on any atom is -0.494 e. The Morgan fingerprint density at radius 2 is 1.89 bits per heavy atom. The van der Waals surface area contributed by atoms with Crippen LogP contribution < -0.4 is 9.64 Å². The van der Waals surface area contributed by atoms with E-state index in [0.717, 1.165) is 13.1 Å². The highest BCUT2D eigenvalue weighted by molar-refractivity contribution is 7.89. The van der Waals surface area contributed by atoms with E-state index in [2.05, 4.69) is 4.90 Å². The van der Waals surface area contributed by atoms with Crippen molar-refractivity contribution >= 4 is 65.8 Å². The van der Waals surface area contributed by atoms with E-state index >= 15 is 0 Å². The zero-order valence-corrected chi connectivity index (χ0v) is 24.0. The number of halogens is 2. The fraction of sp³-hybridized carbons (Fsp3) is 0.440. The average Bonchev–Trinajstić information content (AvgIpc) is 3.59. The standard InChI is InChI=1S/C25H28Cl2N4O5S2/c1-35-21-9-8-19(27)23-22(21)28-25(37-23)30(12-11-29-13-15-36-16-14-29)24(32)20-3-2-10-31(20)38(33,34)18-6-4-17(26)5-7-18/h4-9,20H,2-3,10-16H2,1H3. The molecule has 0 bridgehead atoms. The summed E-state index contributed by atoms with van der Waals surface area (Å²) in [6.07, 6.45) is 1.01. The van der Waals surface area contributed by atoms with Crippen LogP contribution in [0.2, 0.25) is 10.0 Å². The van der Waals surface area contributed by atoms with Crippen LogP contribution in [0.5, 0.6) is 5.75 Å². The van der Waals surface area contributed by atoms with Gasteiger partial charge in [0.2, 0.25) is 15.9 Å². The third kappa shape index (κ3) is 5.51. The number of amides is 1. The number of thiazole rings is 1. The molecule has 3 heterocycles. The zero-order chi connectivity index (χ0) is 26.9. The second-order valence-corrected chi connectivity index (χ2v) is 12.8. The number of carbonyl (C=O) groups is 1. The predicted octanol–water partition coefficient (Wildman–Crippen LogP) is 4.13. The Hall–Kier alpha value is -1.99. The van der Waals surface area contributed by atoms with Crippen molar-refractivity contribution in [1.82, 2.24) is 14.2 Å². The number of hydrogen-bond acceptors (Lipinski definition) is 8. The number of carbonyl (C=O) groups excluding carboxylic acids is 1. The van der Waals surface area contributed by atoms with Gasteiger partial charge >= 0.3 is 0 Å². The van der Waals surface area contributed by atoms with E-state index in [9.17, 15) is 13.2 Å². The fourth-order valence-electron chi connectivity index (χ4n) is 4.78. The van der Waals surface area contributed by atoms with Crippen LogP contribution in [0.3, 0.4) is 0 Å². The van der Waals surface area contributed by atoms with Crippen LogP contribution in [0.25, 0.3) is 10.2 Å². The molecule has 1 aromatic heterocycles. The van der Waals surface area contributed by atoms with Gasteiger partial charge in [0, 0.05) is 37.7 Å². The summed E-state index contributed by atoms with van der Waals surface area (Å²) in [7, 11) is -2.34. The van der Waals surface area contributed by atoms with Gasteiger partial charge < -0.3 is 9.47 Å². The van der Waals surface area contributed by atoms with Crippen LogP contribution in [0.15, 0.2) is 41.3 Å². The lowest BCUT2D eigenvalue weighted by atomic mass is 10.2. The molecule has 0 spiro atoms. The van der Waals surface area contributed by atoms with Gasteiger partial charge in [0.15, 0.2) is 5.13 Å². The lowest BCUT2D eigenvalue weighted by Crippen LogP contribution is -2.50. The zero-order valence-electron chi connectivity index (χ0n) is 20.8. The molecule has 2 fully saturated rings. The van der Waals surface area contributed by atoms with Gasteiger partial charge in [-0.05, 0) is 49.2 Å². The van der Waals surface area contributed by atoms with Gasteiger partial charge in [0.1, 0.15) is 17.3 Å². The Kier molecular flexibility index (Phi) is 8.44. The predicted molar refractivity (Wildman–Crippen MR) is 149 cm³/mol. The average molecular weight is 600 g/mol. The maximum atomic E-state index is 14.1. The minimum absolute atomic E-state index is 0.109. The Bertz CT molecular complexity index is 1410. The van der Waals surface area contributed by atoms with Crippen molar-refractivity contribution < 1.29 is 22.7 Å². The van der Waals surface area contributed by atoms with Crippen LogP contribution >= 0.6 is 34.5 Å². The summed E-state index contributed by atoms with van der Waals surface area (Å²) < 4.78 is 40.0. The second kappa shape index (κ2) is 11.6. The van der Waals surface area contributed by atoms with Crippen LogP contribution in [0.4, 0.5) is 5.13 Å². The number of hydrogen-bond donors (Lipinski definition) is 0. The van der Waals surface area contributed by atoms with E-state index in [1.807, 2.05) is 0 Å². The molecule has 2 aliphatic rings. The summed E-state index contributed by atoms with van der Waals surface area (Å²) in [5.41, 5.74) is 0.571. The van der Waals surface area contributed by atoms with Crippen LogP contribution in [0, 0.1) is 0 Å². The molecule has 3 aromatic rings. The van der Waals surface area contributed by atoms with Crippen LogP contribution in [0.1, 0.15) is 12.8 Å². The fourth-order valence-corrected chi connectivity index (χ4v) is 7.85. The van der Waals surface area contributed by atoms with E-state index in [1.54, 1.807) is 24.1 Å². The van der Waals surface area contributed by atoms with Gasteiger partial charge in [0.05, 0.1) is 34.9 Å². The SMILES string of the molecule is COc1ccc(Cl)c2sc(N(CCN3CCOCC3)C(=O)C3CCCN3S(=O)(=O)c3ccc(Cl)cc3)nc12. The van der Waals surface area contributed by atoms with Gasteiger partial charge in [-0.1, -0.05) is 34.5 Å². The number of benzene rings is 2.